The molecule has 1 aromatic rings. The third-order valence-electron chi connectivity index (χ3n) is 2.83. The maximum absolute atomic E-state index is 12.0. The largest absolute Gasteiger partial charge is 0.345 e. The minimum Gasteiger partial charge on any atom is -0.345 e. The molecule has 1 N–H and O–H groups in total. The lowest BCUT2D eigenvalue weighted by Gasteiger charge is -2.30. The third kappa shape index (κ3) is 2.95. The smallest absolute Gasteiger partial charge is 0.263 e. The zero-order chi connectivity index (χ0) is 12.2. The van der Waals surface area contributed by atoms with Crippen LogP contribution >= 0.6 is 22.9 Å². The minimum atomic E-state index is -0.295. The molecule has 0 aliphatic rings. The van der Waals surface area contributed by atoms with E-state index in [0.29, 0.717) is 10.8 Å². The van der Waals surface area contributed by atoms with Gasteiger partial charge in [0, 0.05) is 5.88 Å². The maximum atomic E-state index is 12.0. The van der Waals surface area contributed by atoms with Gasteiger partial charge >= 0.3 is 0 Å². The topological polar surface area (TPSA) is 42.0 Å². The number of hydrogen-bond donors (Lipinski definition) is 1. The van der Waals surface area contributed by atoms with Crippen LogP contribution in [0.4, 0.5) is 0 Å². The zero-order valence-corrected chi connectivity index (χ0v) is 11.4. The SMILES string of the molecule is CCC(CC)(CCl)NC(=O)c1cnc(C)s1. The van der Waals surface area contributed by atoms with Crippen molar-refractivity contribution in [2.75, 3.05) is 5.88 Å². The second-order valence-corrected chi connectivity index (χ2v) is 5.32. The summed E-state index contributed by atoms with van der Waals surface area (Å²) in [7, 11) is 0. The van der Waals surface area contributed by atoms with Crippen LogP contribution in [0.2, 0.25) is 0 Å². The van der Waals surface area contributed by atoms with E-state index in [1.54, 1.807) is 6.20 Å². The van der Waals surface area contributed by atoms with Gasteiger partial charge in [-0.15, -0.1) is 22.9 Å². The highest BCUT2D eigenvalue weighted by atomic mass is 35.5. The summed E-state index contributed by atoms with van der Waals surface area (Å²) in [5.41, 5.74) is -0.295. The average molecular weight is 261 g/mol. The van der Waals surface area contributed by atoms with Crippen LogP contribution < -0.4 is 5.32 Å². The highest BCUT2D eigenvalue weighted by molar-refractivity contribution is 7.13. The van der Waals surface area contributed by atoms with Crippen molar-refractivity contribution in [3.05, 3.63) is 16.1 Å². The molecule has 0 spiro atoms. The van der Waals surface area contributed by atoms with Crippen LogP contribution in [0.15, 0.2) is 6.20 Å². The molecule has 0 aliphatic heterocycles. The van der Waals surface area contributed by atoms with Crippen molar-refractivity contribution in [1.82, 2.24) is 10.3 Å². The molecule has 90 valence electrons. The first-order valence-electron chi connectivity index (χ1n) is 5.37. The van der Waals surface area contributed by atoms with Crippen molar-refractivity contribution in [2.24, 2.45) is 0 Å². The molecule has 0 aliphatic carbocycles. The second-order valence-electron chi connectivity index (χ2n) is 3.82. The summed E-state index contributed by atoms with van der Waals surface area (Å²) in [4.78, 5) is 16.7. The Hall–Kier alpha value is -0.610. The molecule has 0 bridgehead atoms. The van der Waals surface area contributed by atoms with E-state index in [2.05, 4.69) is 10.3 Å². The number of amides is 1. The summed E-state index contributed by atoms with van der Waals surface area (Å²) in [6.45, 7) is 5.95. The van der Waals surface area contributed by atoms with Crippen molar-refractivity contribution in [3.8, 4) is 0 Å². The van der Waals surface area contributed by atoms with Gasteiger partial charge in [0.2, 0.25) is 0 Å². The number of nitrogens with zero attached hydrogens (tertiary/aromatic N) is 1. The molecule has 1 amide bonds. The predicted octanol–water partition coefficient (Wildman–Crippen LogP) is 2.98. The number of thiazole rings is 1. The average Bonchev–Trinajstić information content (AvgIpc) is 2.73. The molecule has 0 unspecified atom stereocenters. The molecule has 5 heteroatoms. The Morgan fingerprint density at radius 3 is 2.56 bits per heavy atom. The number of carbonyl (C=O) groups is 1. The molecule has 3 nitrogen and oxygen atoms in total. The molecule has 0 atom stereocenters. The number of halogens is 1. The Morgan fingerprint density at radius 2 is 2.19 bits per heavy atom. The van der Waals surface area contributed by atoms with E-state index < -0.39 is 0 Å². The van der Waals surface area contributed by atoms with E-state index in [1.807, 2.05) is 20.8 Å². The number of aromatic nitrogens is 1. The van der Waals surface area contributed by atoms with Crippen molar-refractivity contribution >= 4 is 28.8 Å². The van der Waals surface area contributed by atoms with Crippen molar-refractivity contribution in [1.29, 1.82) is 0 Å². The number of alkyl halides is 1. The van der Waals surface area contributed by atoms with Crippen molar-refractivity contribution in [2.45, 2.75) is 39.2 Å². The van der Waals surface area contributed by atoms with Crippen molar-refractivity contribution in [3.63, 3.8) is 0 Å². The monoisotopic (exact) mass is 260 g/mol. The van der Waals surface area contributed by atoms with E-state index >= 15 is 0 Å². The van der Waals surface area contributed by atoms with Crippen LogP contribution in [0.3, 0.4) is 0 Å². The molecule has 1 aromatic heterocycles. The minimum absolute atomic E-state index is 0.0741. The third-order valence-corrected chi connectivity index (χ3v) is 4.26. The van der Waals surface area contributed by atoms with E-state index in [9.17, 15) is 4.79 Å². The van der Waals surface area contributed by atoms with Crippen LogP contribution in [-0.4, -0.2) is 22.3 Å². The highest BCUT2D eigenvalue weighted by Gasteiger charge is 2.27. The lowest BCUT2D eigenvalue weighted by atomic mass is 9.95. The fourth-order valence-corrected chi connectivity index (χ4v) is 2.54. The molecule has 1 heterocycles. The van der Waals surface area contributed by atoms with Gasteiger partial charge in [0.05, 0.1) is 16.7 Å². The van der Waals surface area contributed by atoms with Crippen LogP contribution in [0, 0.1) is 6.92 Å². The summed E-state index contributed by atoms with van der Waals surface area (Å²) < 4.78 is 0. The molecule has 1 rings (SSSR count). The Kier molecular flexibility index (Phi) is 4.74. The quantitative estimate of drug-likeness (QED) is 0.827. The van der Waals surface area contributed by atoms with Crippen molar-refractivity contribution < 1.29 is 4.79 Å². The van der Waals surface area contributed by atoms with Gasteiger partial charge in [-0.1, -0.05) is 13.8 Å². The first kappa shape index (κ1) is 13.5. The Morgan fingerprint density at radius 1 is 1.56 bits per heavy atom. The van der Waals surface area contributed by atoms with Gasteiger partial charge in [-0.05, 0) is 19.8 Å². The van der Waals surface area contributed by atoms with Gasteiger partial charge in [-0.25, -0.2) is 4.98 Å². The number of nitrogens with one attached hydrogen (secondary N) is 1. The number of hydrogen-bond acceptors (Lipinski definition) is 3. The fraction of sp³-hybridized carbons (Fsp3) is 0.636. The van der Waals surface area contributed by atoms with E-state index in [1.165, 1.54) is 11.3 Å². The number of aryl methyl sites for hydroxylation is 1. The summed E-state index contributed by atoms with van der Waals surface area (Å²) in [5.74, 6) is 0.360. The standard InChI is InChI=1S/C11H17ClN2OS/c1-4-11(5-2,7-12)14-10(15)9-6-13-8(3)16-9/h6H,4-5,7H2,1-3H3,(H,14,15). The summed E-state index contributed by atoms with van der Waals surface area (Å²) in [6.07, 6.45) is 3.27. The summed E-state index contributed by atoms with van der Waals surface area (Å²) in [5, 5.41) is 3.91. The molecule has 0 saturated carbocycles. The number of carbonyl (C=O) groups excluding carboxylic acids is 1. The van der Waals surface area contributed by atoms with Crippen LogP contribution in [0.1, 0.15) is 41.4 Å². The molecule has 0 saturated heterocycles. The fourth-order valence-electron chi connectivity index (χ4n) is 1.42. The van der Waals surface area contributed by atoms with Gasteiger partial charge in [0.25, 0.3) is 5.91 Å². The van der Waals surface area contributed by atoms with Gasteiger partial charge in [0.15, 0.2) is 0 Å². The maximum Gasteiger partial charge on any atom is 0.263 e. The molecule has 0 aromatic carbocycles. The Balaban J connectivity index is 2.76. The van der Waals surface area contributed by atoms with Crippen LogP contribution in [-0.2, 0) is 0 Å². The van der Waals surface area contributed by atoms with Gasteiger partial charge in [0.1, 0.15) is 4.88 Å². The Labute approximate surface area is 105 Å². The van der Waals surface area contributed by atoms with Gasteiger partial charge < -0.3 is 5.32 Å². The van der Waals surface area contributed by atoms with Gasteiger partial charge in [-0.3, -0.25) is 4.79 Å². The van der Waals surface area contributed by atoms with Crippen LogP contribution in [0.25, 0.3) is 0 Å². The molecule has 0 radical (unpaired) electrons. The van der Waals surface area contributed by atoms with E-state index in [0.717, 1.165) is 17.8 Å². The molecular weight excluding hydrogens is 244 g/mol. The second kappa shape index (κ2) is 5.64. The van der Waals surface area contributed by atoms with Gasteiger partial charge in [-0.2, -0.15) is 0 Å². The summed E-state index contributed by atoms with van der Waals surface area (Å²) >= 11 is 7.34. The summed E-state index contributed by atoms with van der Waals surface area (Å²) in [6, 6.07) is 0. The predicted molar refractivity (Wildman–Crippen MR) is 68.4 cm³/mol. The normalized spacial score (nSPS) is 11.5. The molecule has 16 heavy (non-hydrogen) atoms. The zero-order valence-electron chi connectivity index (χ0n) is 9.84. The highest BCUT2D eigenvalue weighted by Crippen LogP contribution is 2.19. The first-order chi connectivity index (χ1) is 7.56. The lowest BCUT2D eigenvalue weighted by Crippen LogP contribution is -2.49. The first-order valence-corrected chi connectivity index (χ1v) is 6.73. The van der Waals surface area contributed by atoms with E-state index in [-0.39, 0.29) is 11.4 Å². The lowest BCUT2D eigenvalue weighted by molar-refractivity contribution is 0.0906. The van der Waals surface area contributed by atoms with Crippen LogP contribution in [0.5, 0.6) is 0 Å². The molecule has 0 fully saturated rings. The van der Waals surface area contributed by atoms with E-state index in [4.69, 9.17) is 11.6 Å². The molecular formula is C11H17ClN2OS. The number of rotatable bonds is 5. The Bertz CT molecular complexity index is 352.